The highest BCUT2D eigenvalue weighted by Gasteiger charge is 2.31. The summed E-state index contributed by atoms with van der Waals surface area (Å²) < 4.78 is 1.07. The molecule has 0 saturated carbocycles. The minimum Gasteiger partial charge on any atom is -0.395 e. The summed E-state index contributed by atoms with van der Waals surface area (Å²) in [7, 11) is 0. The van der Waals surface area contributed by atoms with Gasteiger partial charge in [0.1, 0.15) is 0 Å². The van der Waals surface area contributed by atoms with Crippen molar-refractivity contribution in [1.29, 1.82) is 0 Å². The first-order chi connectivity index (χ1) is 8.70. The molecule has 0 fully saturated rings. The van der Waals surface area contributed by atoms with Crippen molar-refractivity contribution in [3.05, 3.63) is 56.7 Å². The molecule has 0 saturated heterocycles. The van der Waals surface area contributed by atoms with Gasteiger partial charge in [-0.25, -0.2) is 0 Å². The van der Waals surface area contributed by atoms with Crippen molar-refractivity contribution in [2.45, 2.75) is 11.8 Å². The normalized spacial score (nSPS) is 11.7. The molecule has 1 heterocycles. The van der Waals surface area contributed by atoms with Crippen molar-refractivity contribution in [1.82, 2.24) is 0 Å². The highest BCUT2D eigenvalue weighted by molar-refractivity contribution is 9.11. The van der Waals surface area contributed by atoms with E-state index in [1.807, 2.05) is 42.5 Å². The molecule has 0 aliphatic carbocycles. The second-order valence-electron chi connectivity index (χ2n) is 4.35. The van der Waals surface area contributed by atoms with Crippen LogP contribution >= 0.6 is 27.3 Å². The fourth-order valence-electron chi connectivity index (χ4n) is 2.02. The highest BCUT2D eigenvalue weighted by Crippen LogP contribution is 2.32. The van der Waals surface area contributed by atoms with Gasteiger partial charge in [0.05, 0.1) is 17.0 Å². The lowest BCUT2D eigenvalue weighted by Crippen LogP contribution is -2.37. The Hall–Kier alpha value is -0.680. The van der Waals surface area contributed by atoms with Crippen LogP contribution < -0.4 is 0 Å². The van der Waals surface area contributed by atoms with Crippen LogP contribution in [0.15, 0.2) is 46.3 Å². The third kappa shape index (κ3) is 2.83. The van der Waals surface area contributed by atoms with Gasteiger partial charge in [0.2, 0.25) is 0 Å². The summed E-state index contributed by atoms with van der Waals surface area (Å²) in [5, 5.41) is 19.5. The van der Waals surface area contributed by atoms with Gasteiger partial charge < -0.3 is 10.2 Å². The van der Waals surface area contributed by atoms with Gasteiger partial charge in [0, 0.05) is 10.3 Å². The fourth-order valence-corrected chi connectivity index (χ4v) is 3.65. The van der Waals surface area contributed by atoms with E-state index in [9.17, 15) is 10.2 Å². The van der Waals surface area contributed by atoms with Crippen molar-refractivity contribution in [3.63, 3.8) is 0 Å². The summed E-state index contributed by atoms with van der Waals surface area (Å²) in [6.45, 7) is -0.133. The lowest BCUT2D eigenvalue weighted by atomic mass is 9.78. The van der Waals surface area contributed by atoms with E-state index in [-0.39, 0.29) is 13.2 Å². The number of thiophene rings is 1. The van der Waals surface area contributed by atoms with Gasteiger partial charge >= 0.3 is 0 Å². The predicted octanol–water partition coefficient (Wildman–Crippen LogP) is 2.98. The lowest BCUT2D eigenvalue weighted by molar-refractivity contribution is 0.117. The van der Waals surface area contributed by atoms with Crippen LogP contribution in [0.3, 0.4) is 0 Å². The quantitative estimate of drug-likeness (QED) is 0.886. The SMILES string of the molecule is OCC(CO)(Cc1ccc(Br)s1)c1ccccc1. The zero-order valence-corrected chi connectivity index (χ0v) is 12.2. The van der Waals surface area contributed by atoms with E-state index in [1.54, 1.807) is 11.3 Å². The van der Waals surface area contributed by atoms with Gasteiger partial charge in [-0.2, -0.15) is 0 Å². The van der Waals surface area contributed by atoms with E-state index >= 15 is 0 Å². The summed E-state index contributed by atoms with van der Waals surface area (Å²) >= 11 is 5.07. The van der Waals surface area contributed by atoms with E-state index in [0.717, 1.165) is 14.2 Å². The summed E-state index contributed by atoms with van der Waals surface area (Å²) in [5.74, 6) is 0. The molecule has 2 N–H and O–H groups in total. The maximum absolute atomic E-state index is 9.73. The smallest absolute Gasteiger partial charge is 0.0701 e. The van der Waals surface area contributed by atoms with Gasteiger partial charge in [-0.1, -0.05) is 30.3 Å². The van der Waals surface area contributed by atoms with Gasteiger partial charge in [0.15, 0.2) is 0 Å². The number of aliphatic hydroxyl groups is 2. The van der Waals surface area contributed by atoms with Crippen molar-refractivity contribution in [3.8, 4) is 0 Å². The molecule has 96 valence electrons. The summed E-state index contributed by atoms with van der Waals surface area (Å²) in [6.07, 6.45) is 0.639. The zero-order chi connectivity index (χ0) is 13.0. The van der Waals surface area contributed by atoms with Gasteiger partial charge in [0.25, 0.3) is 0 Å². The molecular weight excluding hydrogens is 312 g/mol. The summed E-state index contributed by atoms with van der Waals surface area (Å²) in [4.78, 5) is 1.15. The molecule has 0 spiro atoms. The Labute approximate surface area is 119 Å². The second kappa shape index (κ2) is 5.97. The number of hydrogen-bond donors (Lipinski definition) is 2. The standard InChI is InChI=1S/C14H15BrO2S/c15-13-7-6-12(18-13)8-14(9-16,10-17)11-4-2-1-3-5-11/h1-7,16-17H,8-10H2. The van der Waals surface area contributed by atoms with Crippen LogP contribution in [0.1, 0.15) is 10.4 Å². The first-order valence-electron chi connectivity index (χ1n) is 5.72. The predicted molar refractivity (Wildman–Crippen MR) is 78.0 cm³/mol. The van der Waals surface area contributed by atoms with E-state index in [2.05, 4.69) is 15.9 Å². The van der Waals surface area contributed by atoms with Crippen LogP contribution in [0, 0.1) is 0 Å². The van der Waals surface area contributed by atoms with Crippen molar-refractivity contribution >= 4 is 27.3 Å². The van der Waals surface area contributed by atoms with Crippen LogP contribution in [-0.2, 0) is 11.8 Å². The largest absolute Gasteiger partial charge is 0.395 e. The minimum atomic E-state index is -0.606. The van der Waals surface area contributed by atoms with E-state index in [0.29, 0.717) is 6.42 Å². The third-order valence-electron chi connectivity index (χ3n) is 3.13. The molecule has 0 atom stereocenters. The Balaban J connectivity index is 2.32. The van der Waals surface area contributed by atoms with E-state index < -0.39 is 5.41 Å². The molecule has 0 bridgehead atoms. The Bertz CT molecular complexity index is 492. The van der Waals surface area contributed by atoms with Crippen LogP contribution in [0.4, 0.5) is 0 Å². The van der Waals surface area contributed by atoms with Crippen LogP contribution in [-0.4, -0.2) is 23.4 Å². The second-order valence-corrected chi connectivity index (χ2v) is 6.89. The molecule has 2 rings (SSSR count). The van der Waals surface area contributed by atoms with Gasteiger partial charge in [-0.05, 0) is 40.0 Å². The maximum atomic E-state index is 9.73. The summed E-state index contributed by atoms with van der Waals surface area (Å²) in [5.41, 5.74) is 0.366. The van der Waals surface area contributed by atoms with E-state index in [4.69, 9.17) is 0 Å². The van der Waals surface area contributed by atoms with Crippen molar-refractivity contribution in [2.75, 3.05) is 13.2 Å². The molecule has 4 heteroatoms. The van der Waals surface area contributed by atoms with Crippen molar-refractivity contribution < 1.29 is 10.2 Å². The highest BCUT2D eigenvalue weighted by atomic mass is 79.9. The molecule has 2 nitrogen and oxygen atoms in total. The Kier molecular flexibility index (Phi) is 4.56. The minimum absolute atomic E-state index is 0.0664. The number of halogens is 1. The molecule has 0 aliphatic rings. The molecule has 1 aromatic heterocycles. The molecule has 0 amide bonds. The first kappa shape index (κ1) is 13.7. The van der Waals surface area contributed by atoms with E-state index in [1.165, 1.54) is 0 Å². The lowest BCUT2D eigenvalue weighted by Gasteiger charge is -2.30. The summed E-state index contributed by atoms with van der Waals surface area (Å²) in [6, 6.07) is 13.7. The molecule has 1 aromatic carbocycles. The van der Waals surface area contributed by atoms with Crippen LogP contribution in [0.5, 0.6) is 0 Å². The third-order valence-corrected chi connectivity index (χ3v) is 4.76. The topological polar surface area (TPSA) is 40.5 Å². The molecule has 18 heavy (non-hydrogen) atoms. The number of rotatable bonds is 5. The Morgan fingerprint density at radius 2 is 1.67 bits per heavy atom. The van der Waals surface area contributed by atoms with Crippen LogP contribution in [0.25, 0.3) is 0 Å². The fraction of sp³-hybridized carbons (Fsp3) is 0.286. The first-order valence-corrected chi connectivity index (χ1v) is 7.32. The number of aliphatic hydroxyl groups excluding tert-OH is 2. The average Bonchev–Trinajstić information content (AvgIpc) is 2.82. The molecule has 0 radical (unpaired) electrons. The molecule has 0 aliphatic heterocycles. The Morgan fingerprint density at radius 3 is 2.17 bits per heavy atom. The van der Waals surface area contributed by atoms with Gasteiger partial charge in [-0.15, -0.1) is 11.3 Å². The zero-order valence-electron chi connectivity index (χ0n) is 9.84. The molecule has 0 unspecified atom stereocenters. The van der Waals surface area contributed by atoms with Gasteiger partial charge in [-0.3, -0.25) is 0 Å². The maximum Gasteiger partial charge on any atom is 0.0701 e. The van der Waals surface area contributed by atoms with Crippen molar-refractivity contribution in [2.24, 2.45) is 0 Å². The van der Waals surface area contributed by atoms with Crippen LogP contribution in [0.2, 0.25) is 0 Å². The Morgan fingerprint density at radius 1 is 1.00 bits per heavy atom. The average molecular weight is 327 g/mol. The number of hydrogen-bond acceptors (Lipinski definition) is 3. The molecular formula is C14H15BrO2S. The number of benzene rings is 1. The monoisotopic (exact) mass is 326 g/mol. The molecule has 2 aromatic rings.